The largest absolute Gasteiger partial charge is 0.372 e. The number of anilines is 3. The van der Waals surface area contributed by atoms with E-state index in [9.17, 15) is 14.9 Å². The quantitative estimate of drug-likeness (QED) is 0.816. The second-order valence-corrected chi connectivity index (χ2v) is 7.20. The Bertz CT molecular complexity index is 960. The monoisotopic (exact) mass is 390 g/mol. The number of benzene rings is 2. The van der Waals surface area contributed by atoms with Crippen LogP contribution in [0.1, 0.15) is 31.4 Å². The molecule has 2 aromatic rings. The number of aryl methyl sites for hydroxylation is 1. The van der Waals surface area contributed by atoms with Gasteiger partial charge in [0, 0.05) is 37.4 Å². The van der Waals surface area contributed by atoms with Crippen LogP contribution in [0.4, 0.5) is 17.1 Å². The molecule has 0 radical (unpaired) electrons. The van der Waals surface area contributed by atoms with E-state index in [0.29, 0.717) is 11.3 Å². The molecular formula is C23H26N4O2. The first-order valence-corrected chi connectivity index (χ1v) is 9.94. The lowest BCUT2D eigenvalue weighted by Crippen LogP contribution is -2.28. The fraction of sp³-hybridized carbons (Fsp3) is 0.348. The van der Waals surface area contributed by atoms with E-state index in [1.807, 2.05) is 19.1 Å². The molecule has 1 N–H and O–H groups in total. The van der Waals surface area contributed by atoms with Crippen molar-refractivity contribution in [3.05, 3.63) is 53.6 Å². The minimum absolute atomic E-state index is 0.138. The van der Waals surface area contributed by atoms with Crippen LogP contribution in [0.2, 0.25) is 0 Å². The molecule has 1 aliphatic rings. The van der Waals surface area contributed by atoms with Gasteiger partial charge in [-0.25, -0.2) is 0 Å². The molecule has 1 atom stereocenters. The van der Waals surface area contributed by atoms with E-state index in [2.05, 4.69) is 36.2 Å². The van der Waals surface area contributed by atoms with Crippen molar-refractivity contribution in [2.45, 2.75) is 27.2 Å². The molecular weight excluding hydrogens is 364 g/mol. The lowest BCUT2D eigenvalue weighted by molar-refractivity contribution is -0.122. The van der Waals surface area contributed by atoms with Gasteiger partial charge < -0.3 is 15.1 Å². The number of hydrogen-bond acceptors (Lipinski definition) is 4. The zero-order chi connectivity index (χ0) is 21.0. The second kappa shape index (κ2) is 8.78. The molecule has 1 saturated heterocycles. The fourth-order valence-corrected chi connectivity index (χ4v) is 3.73. The first-order chi connectivity index (χ1) is 14.0. The van der Waals surface area contributed by atoms with Crippen LogP contribution in [0, 0.1) is 24.2 Å². The number of rotatable bonds is 6. The maximum Gasteiger partial charge on any atom is 0.229 e. The molecule has 150 valence electrons. The zero-order valence-electron chi connectivity index (χ0n) is 17.1. The minimum Gasteiger partial charge on any atom is -0.372 e. The Morgan fingerprint density at radius 3 is 2.62 bits per heavy atom. The molecule has 1 aliphatic heterocycles. The molecule has 6 nitrogen and oxygen atoms in total. The first kappa shape index (κ1) is 20.4. The van der Waals surface area contributed by atoms with Crippen molar-refractivity contribution in [2.75, 3.05) is 34.8 Å². The van der Waals surface area contributed by atoms with E-state index in [4.69, 9.17) is 0 Å². The molecule has 0 bridgehead atoms. The summed E-state index contributed by atoms with van der Waals surface area (Å²) in [7, 11) is 0. The number of carbonyl (C=O) groups is 2. The van der Waals surface area contributed by atoms with Crippen LogP contribution in [0.15, 0.2) is 42.5 Å². The highest BCUT2D eigenvalue weighted by atomic mass is 16.2. The van der Waals surface area contributed by atoms with Gasteiger partial charge in [-0.15, -0.1) is 0 Å². The Labute approximate surface area is 171 Å². The number of nitrogens with zero attached hydrogens (tertiary/aromatic N) is 3. The molecule has 6 heteroatoms. The van der Waals surface area contributed by atoms with E-state index >= 15 is 0 Å². The van der Waals surface area contributed by atoms with Crippen molar-refractivity contribution >= 4 is 28.9 Å². The third-order valence-corrected chi connectivity index (χ3v) is 5.41. The van der Waals surface area contributed by atoms with Crippen LogP contribution < -0.4 is 15.1 Å². The third-order valence-electron chi connectivity index (χ3n) is 5.41. The Kier molecular flexibility index (Phi) is 6.18. The summed E-state index contributed by atoms with van der Waals surface area (Å²) in [6, 6.07) is 15.1. The number of nitrogens with one attached hydrogen (secondary N) is 1. The van der Waals surface area contributed by atoms with Crippen molar-refractivity contribution in [3.63, 3.8) is 0 Å². The van der Waals surface area contributed by atoms with E-state index < -0.39 is 5.92 Å². The molecule has 29 heavy (non-hydrogen) atoms. The summed E-state index contributed by atoms with van der Waals surface area (Å²) >= 11 is 0. The maximum atomic E-state index is 12.8. The smallest absolute Gasteiger partial charge is 0.229 e. The highest BCUT2D eigenvalue weighted by molar-refractivity contribution is 6.04. The summed E-state index contributed by atoms with van der Waals surface area (Å²) in [4.78, 5) is 29.1. The zero-order valence-corrected chi connectivity index (χ0v) is 17.1. The van der Waals surface area contributed by atoms with Gasteiger partial charge in [-0.2, -0.15) is 5.26 Å². The number of carbonyl (C=O) groups excluding carboxylic acids is 2. The van der Waals surface area contributed by atoms with Crippen molar-refractivity contribution in [3.8, 4) is 6.07 Å². The van der Waals surface area contributed by atoms with Crippen LogP contribution in [-0.2, 0) is 9.59 Å². The highest BCUT2D eigenvalue weighted by Gasteiger charge is 2.36. The number of nitriles is 1. The van der Waals surface area contributed by atoms with Gasteiger partial charge in [-0.05, 0) is 56.7 Å². The van der Waals surface area contributed by atoms with E-state index in [1.165, 1.54) is 0 Å². The molecule has 0 aliphatic carbocycles. The molecule has 0 aromatic heterocycles. The van der Waals surface area contributed by atoms with Gasteiger partial charge in [0.15, 0.2) is 0 Å². The molecule has 2 amide bonds. The Hall–Kier alpha value is -3.33. The highest BCUT2D eigenvalue weighted by Crippen LogP contribution is 2.29. The molecule has 1 heterocycles. The van der Waals surface area contributed by atoms with Crippen LogP contribution in [-0.4, -0.2) is 31.4 Å². The predicted molar refractivity (Wildman–Crippen MR) is 115 cm³/mol. The average molecular weight is 390 g/mol. The van der Waals surface area contributed by atoms with Crippen LogP contribution >= 0.6 is 0 Å². The summed E-state index contributed by atoms with van der Waals surface area (Å²) in [5, 5.41) is 12.3. The topological polar surface area (TPSA) is 76.4 Å². The van der Waals surface area contributed by atoms with Gasteiger partial charge in [0.2, 0.25) is 11.8 Å². The average Bonchev–Trinajstić information content (AvgIpc) is 3.12. The van der Waals surface area contributed by atoms with Gasteiger partial charge in [0.25, 0.3) is 0 Å². The summed E-state index contributed by atoms with van der Waals surface area (Å²) in [6.07, 6.45) is 0.141. The van der Waals surface area contributed by atoms with Crippen LogP contribution in [0.25, 0.3) is 0 Å². The fourth-order valence-electron chi connectivity index (χ4n) is 3.73. The Balaban J connectivity index is 1.72. The van der Waals surface area contributed by atoms with Crippen molar-refractivity contribution in [2.24, 2.45) is 5.92 Å². The molecule has 2 aromatic carbocycles. The van der Waals surface area contributed by atoms with Gasteiger partial charge in [0.05, 0.1) is 17.2 Å². The van der Waals surface area contributed by atoms with E-state index in [0.717, 1.165) is 30.0 Å². The SMILES string of the molecule is CCN(CC)c1ccc(NC(=O)C2CC(=O)N(c3ccccc3C#N)C2)c(C)c1. The molecule has 0 saturated carbocycles. The van der Waals surface area contributed by atoms with E-state index in [-0.39, 0.29) is 24.8 Å². The normalized spacial score (nSPS) is 15.9. The van der Waals surface area contributed by atoms with Crippen molar-refractivity contribution in [1.29, 1.82) is 5.26 Å². The summed E-state index contributed by atoms with van der Waals surface area (Å²) < 4.78 is 0. The maximum absolute atomic E-state index is 12.8. The standard InChI is InChI=1S/C23H26N4O2/c1-4-26(5-2)19-10-11-20(16(3)12-19)25-23(29)18-13-22(28)27(15-18)21-9-7-6-8-17(21)14-24/h6-12,18H,4-5,13,15H2,1-3H3,(H,25,29). The van der Waals surface area contributed by atoms with Gasteiger partial charge in [0.1, 0.15) is 6.07 Å². The Morgan fingerprint density at radius 1 is 1.24 bits per heavy atom. The molecule has 3 rings (SSSR count). The van der Waals surface area contributed by atoms with Crippen LogP contribution in [0.3, 0.4) is 0 Å². The predicted octanol–water partition coefficient (Wildman–Crippen LogP) is 3.70. The third kappa shape index (κ3) is 4.24. The summed E-state index contributed by atoms with van der Waals surface area (Å²) in [5.74, 6) is -0.758. The first-order valence-electron chi connectivity index (χ1n) is 9.94. The number of hydrogen-bond donors (Lipinski definition) is 1. The number of para-hydroxylation sites is 1. The van der Waals surface area contributed by atoms with Crippen molar-refractivity contribution < 1.29 is 9.59 Å². The van der Waals surface area contributed by atoms with Crippen molar-refractivity contribution in [1.82, 2.24) is 0 Å². The lowest BCUT2D eigenvalue weighted by Gasteiger charge is -2.22. The molecule has 1 fully saturated rings. The van der Waals surface area contributed by atoms with E-state index in [1.54, 1.807) is 29.2 Å². The lowest BCUT2D eigenvalue weighted by atomic mass is 10.1. The molecule has 0 spiro atoms. The minimum atomic E-state index is -0.448. The van der Waals surface area contributed by atoms with Gasteiger partial charge in [-0.3, -0.25) is 9.59 Å². The van der Waals surface area contributed by atoms with Crippen LogP contribution in [0.5, 0.6) is 0 Å². The van der Waals surface area contributed by atoms with Gasteiger partial charge in [-0.1, -0.05) is 12.1 Å². The summed E-state index contributed by atoms with van der Waals surface area (Å²) in [5.41, 5.74) is 3.87. The van der Waals surface area contributed by atoms with Gasteiger partial charge >= 0.3 is 0 Å². The Morgan fingerprint density at radius 2 is 1.97 bits per heavy atom. The number of amides is 2. The molecule has 1 unspecified atom stereocenters. The second-order valence-electron chi connectivity index (χ2n) is 7.20. The summed E-state index contributed by atoms with van der Waals surface area (Å²) in [6.45, 7) is 8.32.